The molecule has 1 N–H and O–H groups in total. The minimum Gasteiger partial charge on any atom is -0.381 e. The van der Waals surface area contributed by atoms with Crippen LogP contribution in [0.5, 0.6) is 0 Å². The van der Waals surface area contributed by atoms with Gasteiger partial charge in [-0.3, -0.25) is 10.1 Å². The van der Waals surface area contributed by atoms with Crippen molar-refractivity contribution in [3.05, 3.63) is 28.3 Å². The number of benzene rings is 1. The van der Waals surface area contributed by atoms with Gasteiger partial charge in [-0.2, -0.15) is 0 Å². The van der Waals surface area contributed by atoms with Crippen LogP contribution in [-0.4, -0.2) is 25.1 Å². The third kappa shape index (κ3) is 2.39. The molecular formula is C13H19N3O2. The van der Waals surface area contributed by atoms with E-state index >= 15 is 0 Å². The molecule has 1 heterocycles. The van der Waals surface area contributed by atoms with Crippen molar-refractivity contribution in [3.8, 4) is 0 Å². The maximum absolute atomic E-state index is 11.0. The first-order chi connectivity index (χ1) is 8.63. The molecule has 0 spiro atoms. The number of piperidine rings is 1. The second kappa shape index (κ2) is 5.25. The van der Waals surface area contributed by atoms with Crippen LogP contribution in [0.1, 0.15) is 19.8 Å². The zero-order chi connectivity index (χ0) is 13.1. The van der Waals surface area contributed by atoms with Crippen LogP contribution in [0.2, 0.25) is 0 Å². The summed E-state index contributed by atoms with van der Waals surface area (Å²) in [4.78, 5) is 12.9. The van der Waals surface area contributed by atoms with Crippen LogP contribution in [-0.2, 0) is 0 Å². The minimum atomic E-state index is -0.331. The van der Waals surface area contributed by atoms with E-state index in [1.807, 2.05) is 6.07 Å². The van der Waals surface area contributed by atoms with Gasteiger partial charge in [0.25, 0.3) is 5.69 Å². The van der Waals surface area contributed by atoms with Crippen LogP contribution in [0.15, 0.2) is 18.2 Å². The number of nitrogens with zero attached hydrogens (tertiary/aromatic N) is 2. The van der Waals surface area contributed by atoms with E-state index in [1.54, 1.807) is 19.2 Å². The molecule has 1 fully saturated rings. The Balaban J connectivity index is 2.37. The number of nitro benzene ring substituents is 1. The lowest BCUT2D eigenvalue weighted by molar-refractivity contribution is -0.383. The molecule has 0 amide bonds. The van der Waals surface area contributed by atoms with Crippen LogP contribution in [0.25, 0.3) is 0 Å². The molecule has 1 saturated heterocycles. The van der Waals surface area contributed by atoms with E-state index in [-0.39, 0.29) is 10.6 Å². The van der Waals surface area contributed by atoms with Crippen LogP contribution >= 0.6 is 0 Å². The van der Waals surface area contributed by atoms with Gasteiger partial charge in [-0.1, -0.05) is 13.0 Å². The predicted molar refractivity (Wildman–Crippen MR) is 73.3 cm³/mol. The van der Waals surface area contributed by atoms with Crippen molar-refractivity contribution in [3.63, 3.8) is 0 Å². The SMILES string of the molecule is CNc1c(N2CCC[C@@H](C)C2)cccc1[N+](=O)[O-]. The van der Waals surface area contributed by atoms with E-state index in [0.29, 0.717) is 11.6 Å². The second-order valence-electron chi connectivity index (χ2n) is 4.87. The summed E-state index contributed by atoms with van der Waals surface area (Å²) in [5, 5.41) is 14.0. The lowest BCUT2D eigenvalue weighted by Gasteiger charge is -2.33. The van der Waals surface area contributed by atoms with Gasteiger partial charge >= 0.3 is 0 Å². The fourth-order valence-electron chi connectivity index (χ4n) is 2.61. The Morgan fingerprint density at radius 3 is 2.89 bits per heavy atom. The highest BCUT2D eigenvalue weighted by atomic mass is 16.6. The topological polar surface area (TPSA) is 58.4 Å². The standard InChI is InChI=1S/C13H19N3O2/c1-10-5-4-8-15(9-10)11-6-3-7-12(16(17)18)13(11)14-2/h3,6-7,10,14H,4-5,8-9H2,1-2H3/t10-/m1/s1. The van der Waals surface area contributed by atoms with E-state index < -0.39 is 0 Å². The van der Waals surface area contributed by atoms with E-state index in [1.165, 1.54) is 6.42 Å². The molecule has 1 aliphatic heterocycles. The van der Waals surface area contributed by atoms with E-state index in [2.05, 4.69) is 17.1 Å². The van der Waals surface area contributed by atoms with Gasteiger partial charge in [-0.05, 0) is 24.8 Å². The van der Waals surface area contributed by atoms with Gasteiger partial charge < -0.3 is 10.2 Å². The number of rotatable bonds is 3. The molecule has 1 aromatic rings. The molecule has 98 valence electrons. The third-order valence-electron chi connectivity index (χ3n) is 3.46. The van der Waals surface area contributed by atoms with Gasteiger partial charge in [-0.15, -0.1) is 0 Å². The zero-order valence-electron chi connectivity index (χ0n) is 10.8. The quantitative estimate of drug-likeness (QED) is 0.661. The van der Waals surface area contributed by atoms with Crippen LogP contribution in [0, 0.1) is 16.0 Å². The number of nitrogens with one attached hydrogen (secondary N) is 1. The van der Waals surface area contributed by atoms with Gasteiger partial charge in [0.05, 0.1) is 10.6 Å². The average Bonchev–Trinajstić information content (AvgIpc) is 2.37. The molecule has 1 aliphatic rings. The Kier molecular flexibility index (Phi) is 3.69. The number of hydrogen-bond acceptors (Lipinski definition) is 4. The van der Waals surface area contributed by atoms with Gasteiger partial charge in [0.1, 0.15) is 5.69 Å². The molecule has 5 nitrogen and oxygen atoms in total. The highest BCUT2D eigenvalue weighted by Crippen LogP contribution is 2.36. The maximum atomic E-state index is 11.0. The molecule has 0 radical (unpaired) electrons. The predicted octanol–water partition coefficient (Wildman–Crippen LogP) is 2.87. The number of nitro groups is 1. The largest absolute Gasteiger partial charge is 0.381 e. The monoisotopic (exact) mass is 249 g/mol. The molecule has 0 bridgehead atoms. The van der Waals surface area contributed by atoms with E-state index in [9.17, 15) is 10.1 Å². The average molecular weight is 249 g/mol. The normalized spacial score (nSPS) is 19.7. The number of para-hydroxylation sites is 1. The summed E-state index contributed by atoms with van der Waals surface area (Å²) in [5.41, 5.74) is 1.71. The number of anilines is 2. The molecule has 0 aliphatic carbocycles. The van der Waals surface area contributed by atoms with Gasteiger partial charge in [-0.25, -0.2) is 0 Å². The molecule has 1 atom stereocenters. The first-order valence-electron chi connectivity index (χ1n) is 6.33. The van der Waals surface area contributed by atoms with E-state index in [0.717, 1.165) is 25.2 Å². The highest BCUT2D eigenvalue weighted by Gasteiger charge is 2.23. The van der Waals surface area contributed by atoms with Crippen LogP contribution in [0.3, 0.4) is 0 Å². The van der Waals surface area contributed by atoms with Crippen molar-refractivity contribution in [2.75, 3.05) is 30.4 Å². The summed E-state index contributed by atoms with van der Waals surface area (Å²) in [6.07, 6.45) is 2.38. The molecule has 5 heteroatoms. The Morgan fingerprint density at radius 1 is 1.50 bits per heavy atom. The first kappa shape index (κ1) is 12.7. The Bertz CT molecular complexity index is 448. The Morgan fingerprint density at radius 2 is 2.28 bits per heavy atom. The highest BCUT2D eigenvalue weighted by molar-refractivity contribution is 5.79. The van der Waals surface area contributed by atoms with E-state index in [4.69, 9.17) is 0 Å². The Labute approximate surface area is 107 Å². The molecule has 0 saturated carbocycles. The van der Waals surface area contributed by atoms with Crippen molar-refractivity contribution < 1.29 is 4.92 Å². The summed E-state index contributed by atoms with van der Waals surface area (Å²) in [5.74, 6) is 0.641. The molecule has 0 unspecified atom stereocenters. The molecular weight excluding hydrogens is 230 g/mol. The fraction of sp³-hybridized carbons (Fsp3) is 0.538. The Hall–Kier alpha value is -1.78. The summed E-state index contributed by atoms with van der Waals surface area (Å²) < 4.78 is 0. The van der Waals surface area contributed by atoms with Gasteiger partial charge in [0, 0.05) is 26.2 Å². The summed E-state index contributed by atoms with van der Waals surface area (Å²) in [7, 11) is 1.74. The van der Waals surface area contributed by atoms with Crippen molar-refractivity contribution in [2.45, 2.75) is 19.8 Å². The fourth-order valence-corrected chi connectivity index (χ4v) is 2.61. The number of hydrogen-bond donors (Lipinski definition) is 1. The van der Waals surface area contributed by atoms with Crippen molar-refractivity contribution >= 4 is 17.1 Å². The second-order valence-corrected chi connectivity index (χ2v) is 4.87. The molecule has 1 aromatic carbocycles. The summed E-state index contributed by atoms with van der Waals surface area (Å²) >= 11 is 0. The van der Waals surface area contributed by atoms with Crippen molar-refractivity contribution in [1.29, 1.82) is 0 Å². The van der Waals surface area contributed by atoms with Crippen LogP contribution < -0.4 is 10.2 Å². The minimum absolute atomic E-state index is 0.147. The maximum Gasteiger partial charge on any atom is 0.294 e. The van der Waals surface area contributed by atoms with Gasteiger partial charge in [0.15, 0.2) is 0 Å². The lowest BCUT2D eigenvalue weighted by atomic mass is 9.99. The van der Waals surface area contributed by atoms with Crippen molar-refractivity contribution in [1.82, 2.24) is 0 Å². The third-order valence-corrected chi connectivity index (χ3v) is 3.46. The first-order valence-corrected chi connectivity index (χ1v) is 6.33. The zero-order valence-corrected chi connectivity index (χ0v) is 10.8. The smallest absolute Gasteiger partial charge is 0.294 e. The molecule has 0 aromatic heterocycles. The van der Waals surface area contributed by atoms with Crippen molar-refractivity contribution in [2.24, 2.45) is 5.92 Å². The lowest BCUT2D eigenvalue weighted by Crippen LogP contribution is -2.34. The summed E-state index contributed by atoms with van der Waals surface area (Å²) in [6.45, 7) is 4.17. The molecule has 18 heavy (non-hydrogen) atoms. The van der Waals surface area contributed by atoms with Crippen LogP contribution in [0.4, 0.5) is 17.1 Å². The summed E-state index contributed by atoms with van der Waals surface area (Å²) in [6, 6.07) is 5.26. The molecule has 2 rings (SSSR count). The van der Waals surface area contributed by atoms with Gasteiger partial charge in [0.2, 0.25) is 0 Å².